The predicted molar refractivity (Wildman–Crippen MR) is 109 cm³/mol. The summed E-state index contributed by atoms with van der Waals surface area (Å²) in [5.41, 5.74) is -1.31. The summed E-state index contributed by atoms with van der Waals surface area (Å²) in [4.78, 5) is 43.9. The molecule has 0 spiro atoms. The van der Waals surface area contributed by atoms with Crippen LogP contribution in [0.2, 0.25) is 0 Å². The van der Waals surface area contributed by atoms with Gasteiger partial charge in [0.05, 0.1) is 31.8 Å². The number of rotatable bonds is 1. The van der Waals surface area contributed by atoms with Crippen molar-refractivity contribution in [1.82, 2.24) is 14.7 Å². The molecule has 3 amide bonds. The van der Waals surface area contributed by atoms with Crippen LogP contribution in [0, 0.1) is 0 Å². The van der Waals surface area contributed by atoms with E-state index in [1.165, 1.54) is 9.80 Å². The second kappa shape index (κ2) is 8.24. The number of amides is 3. The molecule has 0 aromatic carbocycles. The molecule has 3 aliphatic heterocycles. The lowest BCUT2D eigenvalue weighted by Crippen LogP contribution is -2.65. The maximum Gasteiger partial charge on any atom is 0.411 e. The van der Waals surface area contributed by atoms with E-state index in [1.54, 1.807) is 41.5 Å². The zero-order valence-corrected chi connectivity index (χ0v) is 19.0. The van der Waals surface area contributed by atoms with Gasteiger partial charge in [-0.1, -0.05) is 0 Å². The van der Waals surface area contributed by atoms with Crippen LogP contribution in [0.3, 0.4) is 0 Å². The molecule has 170 valence electrons. The second-order valence-corrected chi connectivity index (χ2v) is 10.3. The number of fused-ring (bicyclic) bond motifs is 2. The molecule has 0 aromatic heterocycles. The highest BCUT2D eigenvalue weighted by molar-refractivity contribution is 5.88. The first-order valence-corrected chi connectivity index (χ1v) is 10.7. The number of carbonyl (C=O) groups is 3. The van der Waals surface area contributed by atoms with Gasteiger partial charge in [-0.3, -0.25) is 9.69 Å². The molecule has 3 aliphatic rings. The van der Waals surface area contributed by atoms with Gasteiger partial charge in [-0.05, 0) is 54.4 Å². The lowest BCUT2D eigenvalue weighted by atomic mass is 10.1. The van der Waals surface area contributed by atoms with Gasteiger partial charge in [-0.2, -0.15) is 0 Å². The molecule has 3 saturated heterocycles. The Morgan fingerprint density at radius 3 is 1.90 bits per heavy atom. The molecule has 3 fully saturated rings. The standard InChI is InChI=1S/C21H35N3O6/c1-20(2,3)29-18(26)22-9-10-23(19(27)30-21(4,5)6)16(11-22)17(25)24-14-7-8-15(24)13-28-12-14/h14-16H,7-13H2,1-6H3/t14?,15?,16-/m1/s1. The molecule has 9 heteroatoms. The van der Waals surface area contributed by atoms with Crippen LogP contribution in [-0.4, -0.2) is 95.0 Å². The molecule has 2 bridgehead atoms. The van der Waals surface area contributed by atoms with Crippen molar-refractivity contribution >= 4 is 18.1 Å². The van der Waals surface area contributed by atoms with Gasteiger partial charge in [-0.15, -0.1) is 0 Å². The summed E-state index contributed by atoms with van der Waals surface area (Å²) >= 11 is 0. The Hall–Kier alpha value is -2.03. The first kappa shape index (κ1) is 22.7. The zero-order valence-electron chi connectivity index (χ0n) is 19.0. The fraction of sp³-hybridized carbons (Fsp3) is 0.857. The first-order valence-electron chi connectivity index (χ1n) is 10.7. The third-order valence-electron chi connectivity index (χ3n) is 5.44. The third-order valence-corrected chi connectivity index (χ3v) is 5.44. The molecule has 3 atom stereocenters. The summed E-state index contributed by atoms with van der Waals surface area (Å²) in [6.07, 6.45) is 0.774. The normalized spacial score (nSPS) is 27.1. The smallest absolute Gasteiger partial charge is 0.411 e. The van der Waals surface area contributed by atoms with Crippen molar-refractivity contribution in [1.29, 1.82) is 0 Å². The minimum atomic E-state index is -0.803. The van der Waals surface area contributed by atoms with Crippen LogP contribution < -0.4 is 0 Å². The number of piperazine rings is 1. The molecule has 3 heterocycles. The summed E-state index contributed by atoms with van der Waals surface area (Å²) in [6, 6.07) is -0.760. The van der Waals surface area contributed by atoms with Gasteiger partial charge in [0.2, 0.25) is 5.91 Å². The molecule has 9 nitrogen and oxygen atoms in total. The van der Waals surface area contributed by atoms with Gasteiger partial charge in [0.25, 0.3) is 0 Å². The highest BCUT2D eigenvalue weighted by atomic mass is 16.6. The predicted octanol–water partition coefficient (Wildman–Crippen LogP) is 2.23. The molecule has 0 saturated carbocycles. The average Bonchev–Trinajstić information content (AvgIpc) is 2.86. The quantitative estimate of drug-likeness (QED) is 0.640. The Balaban J connectivity index is 1.80. The second-order valence-electron chi connectivity index (χ2n) is 10.3. The van der Waals surface area contributed by atoms with E-state index >= 15 is 0 Å². The van der Waals surface area contributed by atoms with Gasteiger partial charge in [0.15, 0.2) is 0 Å². The summed E-state index contributed by atoms with van der Waals surface area (Å²) in [5, 5.41) is 0. The molecule has 0 N–H and O–H groups in total. The molecular weight excluding hydrogens is 390 g/mol. The van der Waals surface area contributed by atoms with E-state index in [0.29, 0.717) is 13.2 Å². The maximum atomic E-state index is 13.6. The molecular formula is C21H35N3O6. The zero-order chi connectivity index (χ0) is 22.3. The van der Waals surface area contributed by atoms with Crippen molar-refractivity contribution < 1.29 is 28.6 Å². The van der Waals surface area contributed by atoms with E-state index in [1.807, 2.05) is 4.90 Å². The Kier molecular flexibility index (Phi) is 6.23. The Labute approximate surface area is 178 Å². The first-order chi connectivity index (χ1) is 13.9. The van der Waals surface area contributed by atoms with Crippen LogP contribution in [0.15, 0.2) is 0 Å². The molecule has 3 rings (SSSR count). The fourth-order valence-corrected chi connectivity index (χ4v) is 4.19. The Morgan fingerprint density at radius 2 is 1.37 bits per heavy atom. The molecule has 30 heavy (non-hydrogen) atoms. The van der Waals surface area contributed by atoms with E-state index in [4.69, 9.17) is 14.2 Å². The lowest BCUT2D eigenvalue weighted by molar-refractivity contribution is -0.148. The SMILES string of the molecule is CC(C)(C)OC(=O)N1CCN(C(=O)OC(C)(C)C)[C@@H](C(=O)N2C3CCC2COC3)C1. The molecule has 2 unspecified atom stereocenters. The van der Waals surface area contributed by atoms with Crippen molar-refractivity contribution in [2.24, 2.45) is 0 Å². The van der Waals surface area contributed by atoms with Crippen LogP contribution in [0.4, 0.5) is 9.59 Å². The summed E-state index contributed by atoms with van der Waals surface area (Å²) < 4.78 is 16.6. The molecule has 0 aliphatic carbocycles. The van der Waals surface area contributed by atoms with Crippen LogP contribution in [0.5, 0.6) is 0 Å². The number of morpholine rings is 1. The van der Waals surface area contributed by atoms with Crippen LogP contribution >= 0.6 is 0 Å². The van der Waals surface area contributed by atoms with Crippen LogP contribution in [-0.2, 0) is 19.0 Å². The van der Waals surface area contributed by atoms with Gasteiger partial charge in [0, 0.05) is 13.1 Å². The number of hydrogen-bond donors (Lipinski definition) is 0. The minimum Gasteiger partial charge on any atom is -0.444 e. The molecule has 0 radical (unpaired) electrons. The van der Waals surface area contributed by atoms with E-state index in [9.17, 15) is 14.4 Å². The van der Waals surface area contributed by atoms with Crippen molar-refractivity contribution in [2.45, 2.75) is 83.7 Å². The van der Waals surface area contributed by atoms with E-state index in [2.05, 4.69) is 0 Å². The van der Waals surface area contributed by atoms with Crippen molar-refractivity contribution in [3.8, 4) is 0 Å². The van der Waals surface area contributed by atoms with E-state index < -0.39 is 29.4 Å². The monoisotopic (exact) mass is 425 g/mol. The number of hydrogen-bond acceptors (Lipinski definition) is 6. The highest BCUT2D eigenvalue weighted by Gasteiger charge is 2.47. The van der Waals surface area contributed by atoms with Gasteiger partial charge in [-0.25, -0.2) is 9.59 Å². The van der Waals surface area contributed by atoms with Crippen molar-refractivity contribution in [3.05, 3.63) is 0 Å². The third kappa shape index (κ3) is 5.17. The van der Waals surface area contributed by atoms with Crippen LogP contribution in [0.1, 0.15) is 54.4 Å². The number of nitrogens with zero attached hydrogens (tertiary/aromatic N) is 3. The van der Waals surface area contributed by atoms with E-state index in [-0.39, 0.29) is 37.6 Å². The Bertz CT molecular complexity index is 667. The average molecular weight is 426 g/mol. The number of carbonyl (C=O) groups excluding carboxylic acids is 3. The van der Waals surface area contributed by atoms with Crippen molar-refractivity contribution in [2.75, 3.05) is 32.8 Å². The summed E-state index contributed by atoms with van der Waals surface area (Å²) in [6.45, 7) is 12.4. The minimum absolute atomic E-state index is 0.0219. The summed E-state index contributed by atoms with van der Waals surface area (Å²) in [7, 11) is 0. The lowest BCUT2D eigenvalue weighted by Gasteiger charge is -2.44. The number of ether oxygens (including phenoxy) is 3. The maximum absolute atomic E-state index is 13.6. The van der Waals surface area contributed by atoms with Crippen molar-refractivity contribution in [3.63, 3.8) is 0 Å². The Morgan fingerprint density at radius 1 is 0.833 bits per heavy atom. The summed E-state index contributed by atoms with van der Waals surface area (Å²) in [5.74, 6) is -0.148. The topological polar surface area (TPSA) is 88.6 Å². The van der Waals surface area contributed by atoms with Gasteiger partial charge < -0.3 is 24.0 Å². The van der Waals surface area contributed by atoms with E-state index in [0.717, 1.165) is 12.8 Å². The van der Waals surface area contributed by atoms with Gasteiger partial charge in [0.1, 0.15) is 17.2 Å². The highest BCUT2D eigenvalue weighted by Crippen LogP contribution is 2.31. The van der Waals surface area contributed by atoms with Crippen LogP contribution in [0.25, 0.3) is 0 Å². The van der Waals surface area contributed by atoms with Gasteiger partial charge >= 0.3 is 12.2 Å². The fourth-order valence-electron chi connectivity index (χ4n) is 4.19. The largest absolute Gasteiger partial charge is 0.444 e. The molecule has 0 aromatic rings.